The number of amides is 1. The van der Waals surface area contributed by atoms with E-state index in [1.807, 2.05) is 11.1 Å². The highest BCUT2D eigenvalue weighted by molar-refractivity contribution is 5.96. The lowest BCUT2D eigenvalue weighted by Crippen LogP contribution is -2.45. The number of nitrogens with one attached hydrogen (secondary N) is 2. The monoisotopic (exact) mass is 616 g/mol. The predicted octanol–water partition coefficient (Wildman–Crippen LogP) is 5.48. The van der Waals surface area contributed by atoms with Crippen LogP contribution in [0.2, 0.25) is 0 Å². The molecule has 1 amide bonds. The average Bonchev–Trinajstić information content (AvgIpc) is 3.44. The van der Waals surface area contributed by atoms with E-state index in [4.69, 9.17) is 21.4 Å². The van der Waals surface area contributed by atoms with E-state index in [0.29, 0.717) is 35.4 Å². The number of benzene rings is 2. The maximum atomic E-state index is 13.0. The lowest BCUT2D eigenvalue weighted by atomic mass is 10.0. The Morgan fingerprint density at radius 1 is 1.09 bits per heavy atom. The molecule has 0 saturated carbocycles. The van der Waals surface area contributed by atoms with Crippen molar-refractivity contribution in [2.45, 2.75) is 73.0 Å². The number of aromatic nitrogens is 2. The minimum Gasteiger partial charge on any atom is -0.471 e. The summed E-state index contributed by atoms with van der Waals surface area (Å²) in [5.74, 6) is 6.08. The molecule has 45 heavy (non-hydrogen) atoms. The Labute approximate surface area is 267 Å². The van der Waals surface area contributed by atoms with Gasteiger partial charge in [-0.25, -0.2) is 9.97 Å². The van der Waals surface area contributed by atoms with Crippen LogP contribution in [0.5, 0.6) is 0 Å². The van der Waals surface area contributed by atoms with Gasteiger partial charge in [0.1, 0.15) is 0 Å². The number of hydrogen-bond acceptors (Lipinski definition) is 10. The molecule has 1 aromatic heterocycles. The number of nitrogens with zero attached hydrogens (tertiary/aromatic N) is 4. The van der Waals surface area contributed by atoms with E-state index >= 15 is 0 Å². The molecule has 1 fully saturated rings. The van der Waals surface area contributed by atoms with Crippen LogP contribution < -0.4 is 22.3 Å². The Bertz CT molecular complexity index is 1440. The van der Waals surface area contributed by atoms with Gasteiger partial charge in [-0.1, -0.05) is 24.6 Å². The Morgan fingerprint density at radius 2 is 1.76 bits per heavy atom. The number of hydrazine groups is 1. The zero-order valence-electron chi connectivity index (χ0n) is 27.4. The minimum absolute atomic E-state index is 0.0106. The van der Waals surface area contributed by atoms with Crippen molar-refractivity contribution in [3.8, 4) is 0 Å². The number of allylic oxidation sites excluding steroid dienone is 2. The average molecular weight is 617 g/mol. The van der Waals surface area contributed by atoms with Crippen LogP contribution in [0.15, 0.2) is 54.2 Å². The Kier molecular flexibility index (Phi) is 13.3. The van der Waals surface area contributed by atoms with Crippen molar-refractivity contribution in [2.24, 2.45) is 5.84 Å². The first-order valence-corrected chi connectivity index (χ1v) is 15.3. The standard InChI is InChI=1S/C26H32N8O.C6H12.C2H4O2/c1-16-9-17(2)11-20(10-16)30-26-29-13-19-14-34(15-24(19)31-26)21-5-7-33(8-6-21)25(35)18-3-4-23(32-28)22(27)12-18;1-4-5-6(2)3;1-4-2-3/h3-4,9-13,21,32H,5-8,14-15,27-28H2,1-2H3,(H,29,30,31);5H,4H2,1-3H3;2H,1H3. The van der Waals surface area contributed by atoms with Gasteiger partial charge in [0.25, 0.3) is 12.4 Å². The maximum Gasteiger partial charge on any atom is 0.292 e. The van der Waals surface area contributed by atoms with Crippen molar-refractivity contribution in [1.29, 1.82) is 0 Å². The number of aryl methyl sites for hydroxylation is 2. The second-order valence-corrected chi connectivity index (χ2v) is 11.6. The molecule has 5 rings (SSSR count). The van der Waals surface area contributed by atoms with Gasteiger partial charge < -0.3 is 26.1 Å². The number of fused-ring (bicyclic) bond motifs is 1. The summed E-state index contributed by atoms with van der Waals surface area (Å²) in [5.41, 5.74) is 17.3. The zero-order valence-corrected chi connectivity index (χ0v) is 27.4. The fourth-order valence-electron chi connectivity index (χ4n) is 5.52. The van der Waals surface area contributed by atoms with Crippen LogP contribution in [0.25, 0.3) is 0 Å². The van der Waals surface area contributed by atoms with Gasteiger partial charge in [-0.05, 0) is 88.4 Å². The van der Waals surface area contributed by atoms with Crippen LogP contribution in [-0.2, 0) is 22.6 Å². The van der Waals surface area contributed by atoms with E-state index in [9.17, 15) is 4.79 Å². The largest absolute Gasteiger partial charge is 0.471 e. The first-order valence-electron chi connectivity index (χ1n) is 15.3. The summed E-state index contributed by atoms with van der Waals surface area (Å²) in [7, 11) is 1.31. The molecule has 0 aliphatic carbocycles. The van der Waals surface area contributed by atoms with Crippen molar-refractivity contribution in [3.63, 3.8) is 0 Å². The maximum absolute atomic E-state index is 13.0. The fourth-order valence-corrected chi connectivity index (χ4v) is 5.52. The van der Waals surface area contributed by atoms with E-state index in [-0.39, 0.29) is 5.91 Å². The third-order valence-electron chi connectivity index (χ3n) is 7.59. The van der Waals surface area contributed by atoms with E-state index < -0.39 is 0 Å². The minimum atomic E-state index is 0.0106. The van der Waals surface area contributed by atoms with Gasteiger partial charge in [-0.3, -0.25) is 20.3 Å². The highest BCUT2D eigenvalue weighted by Gasteiger charge is 2.31. The van der Waals surface area contributed by atoms with Gasteiger partial charge in [0.15, 0.2) is 0 Å². The summed E-state index contributed by atoms with van der Waals surface area (Å²) >= 11 is 0. The summed E-state index contributed by atoms with van der Waals surface area (Å²) in [4.78, 5) is 35.6. The second-order valence-electron chi connectivity index (χ2n) is 11.6. The van der Waals surface area contributed by atoms with E-state index in [1.54, 1.807) is 18.2 Å². The number of carbonyl (C=O) groups excluding carboxylic acids is 2. The molecule has 0 radical (unpaired) electrons. The molecule has 2 aliphatic heterocycles. The highest BCUT2D eigenvalue weighted by Crippen LogP contribution is 2.29. The van der Waals surface area contributed by atoms with Crippen molar-refractivity contribution in [3.05, 3.63) is 82.2 Å². The van der Waals surface area contributed by atoms with Gasteiger partial charge in [-0.15, -0.1) is 0 Å². The van der Waals surface area contributed by atoms with E-state index in [0.717, 1.165) is 50.4 Å². The van der Waals surface area contributed by atoms with Crippen molar-refractivity contribution >= 4 is 35.4 Å². The smallest absolute Gasteiger partial charge is 0.292 e. The van der Waals surface area contributed by atoms with Crippen LogP contribution in [0.1, 0.15) is 72.8 Å². The lowest BCUT2D eigenvalue weighted by Gasteiger charge is -2.36. The molecule has 242 valence electrons. The van der Waals surface area contributed by atoms with Gasteiger partial charge in [0, 0.05) is 55.2 Å². The highest BCUT2D eigenvalue weighted by atomic mass is 16.5. The summed E-state index contributed by atoms with van der Waals surface area (Å²) in [6.45, 7) is 14.0. The molecule has 0 atom stereocenters. The number of ether oxygens (including phenoxy) is 1. The molecule has 0 spiro atoms. The number of rotatable bonds is 7. The normalized spacial score (nSPS) is 14.2. The van der Waals surface area contributed by atoms with Crippen LogP contribution in [0.4, 0.5) is 23.0 Å². The first-order chi connectivity index (χ1) is 21.6. The summed E-state index contributed by atoms with van der Waals surface area (Å²) in [6, 6.07) is 11.9. The number of nitrogens with two attached hydrogens (primary N) is 2. The van der Waals surface area contributed by atoms with Crippen LogP contribution >= 0.6 is 0 Å². The number of methoxy groups -OCH3 is 1. The molecule has 2 aromatic carbocycles. The predicted molar refractivity (Wildman–Crippen MR) is 181 cm³/mol. The lowest BCUT2D eigenvalue weighted by molar-refractivity contribution is -0.126. The number of hydrogen-bond donors (Lipinski definition) is 4. The molecule has 11 nitrogen and oxygen atoms in total. The van der Waals surface area contributed by atoms with Crippen LogP contribution in [-0.4, -0.2) is 58.4 Å². The molecule has 1 saturated heterocycles. The third-order valence-corrected chi connectivity index (χ3v) is 7.59. The topological polar surface area (TPSA) is 152 Å². The summed E-state index contributed by atoms with van der Waals surface area (Å²) < 4.78 is 3.86. The fraction of sp³-hybridized carbons (Fsp3) is 0.412. The zero-order chi connectivity index (χ0) is 32.9. The molecular formula is C34H48N8O3. The number of piperidine rings is 1. The Hall–Kier alpha value is -4.48. The SMILES string of the molecule is CCC=C(C)C.COC=O.Cc1cc(C)cc(Nc2ncc3c(n2)CN(C2CCN(C(=O)c4ccc(NN)c(N)c4)CC2)C3)c1. The second kappa shape index (κ2) is 17.1. The van der Waals surface area contributed by atoms with E-state index in [2.05, 4.69) is 84.3 Å². The first kappa shape index (κ1) is 35.0. The van der Waals surface area contributed by atoms with Crippen molar-refractivity contribution in [2.75, 3.05) is 36.7 Å². The van der Waals surface area contributed by atoms with Gasteiger partial charge in [0.2, 0.25) is 5.95 Å². The number of nitrogen functional groups attached to an aromatic ring is 2. The molecular weight excluding hydrogens is 568 g/mol. The number of anilines is 4. The van der Waals surface area contributed by atoms with Crippen molar-refractivity contribution in [1.82, 2.24) is 19.8 Å². The Morgan fingerprint density at radius 3 is 2.29 bits per heavy atom. The number of likely N-dealkylation sites (tertiary alicyclic amines) is 1. The van der Waals surface area contributed by atoms with Gasteiger partial charge in [0.05, 0.1) is 24.2 Å². The molecule has 3 aromatic rings. The molecule has 2 aliphatic rings. The van der Waals surface area contributed by atoms with Gasteiger partial charge in [-0.2, -0.15) is 0 Å². The van der Waals surface area contributed by atoms with Gasteiger partial charge >= 0.3 is 0 Å². The molecule has 11 heteroatoms. The molecule has 6 N–H and O–H groups in total. The summed E-state index contributed by atoms with van der Waals surface area (Å²) in [5, 5.41) is 3.35. The Balaban J connectivity index is 0.000000482. The molecule has 0 unspecified atom stereocenters. The van der Waals surface area contributed by atoms with E-state index in [1.165, 1.54) is 35.8 Å². The van der Waals surface area contributed by atoms with Crippen molar-refractivity contribution < 1.29 is 14.3 Å². The molecule has 0 bridgehead atoms. The summed E-state index contributed by atoms with van der Waals surface area (Å²) in [6.07, 6.45) is 7.18. The van der Waals surface area contributed by atoms with Crippen LogP contribution in [0, 0.1) is 13.8 Å². The quantitative estimate of drug-likeness (QED) is 0.0883. The molecule has 3 heterocycles. The third kappa shape index (κ3) is 10.3. The number of carbonyl (C=O) groups is 2. The van der Waals surface area contributed by atoms with Crippen LogP contribution in [0.3, 0.4) is 0 Å².